The molecule has 7 heteroatoms. The number of nitrogens with zero attached hydrogens (tertiary/aromatic N) is 3. The van der Waals surface area contributed by atoms with Crippen molar-refractivity contribution >= 4 is 10.2 Å². The van der Waals surface area contributed by atoms with Crippen molar-refractivity contribution in [2.24, 2.45) is 7.05 Å². The van der Waals surface area contributed by atoms with Crippen LogP contribution in [0.3, 0.4) is 0 Å². The Balaban J connectivity index is 1.92. The van der Waals surface area contributed by atoms with Crippen molar-refractivity contribution in [1.29, 1.82) is 0 Å². The van der Waals surface area contributed by atoms with Crippen LogP contribution in [0.4, 0.5) is 0 Å². The molecule has 2 aromatic rings. The van der Waals surface area contributed by atoms with Gasteiger partial charge in [0.15, 0.2) is 0 Å². The number of aromatic nitrogens is 2. The predicted octanol–water partition coefficient (Wildman–Crippen LogP) is 1.83. The van der Waals surface area contributed by atoms with Crippen LogP contribution in [0.25, 0.3) is 0 Å². The molecule has 0 bridgehead atoms. The Morgan fingerprint density at radius 1 is 1.13 bits per heavy atom. The van der Waals surface area contributed by atoms with E-state index in [-0.39, 0.29) is 0 Å². The normalized spacial score (nSPS) is 18.0. The van der Waals surface area contributed by atoms with Crippen LogP contribution in [-0.4, -0.2) is 35.4 Å². The smallest absolute Gasteiger partial charge is 0.280 e. The van der Waals surface area contributed by atoms with Gasteiger partial charge in [0.2, 0.25) is 0 Å². The Hall–Kier alpha value is -1.70. The topological polar surface area (TPSA) is 67.2 Å². The first-order chi connectivity index (χ1) is 11.1. The lowest BCUT2D eigenvalue weighted by atomic mass is 10.1. The molecule has 1 aliphatic rings. The molecule has 1 N–H and O–H groups in total. The lowest BCUT2D eigenvalue weighted by molar-refractivity contribution is 0.339. The zero-order valence-electron chi connectivity index (χ0n) is 13.2. The molecule has 1 aromatic heterocycles. The molecule has 124 valence electrons. The number of hydrogen-bond acceptors (Lipinski definition) is 3. The highest BCUT2D eigenvalue weighted by Gasteiger charge is 2.29. The van der Waals surface area contributed by atoms with Crippen LogP contribution in [0, 0.1) is 0 Å². The fourth-order valence-electron chi connectivity index (χ4n) is 2.90. The second-order valence-electron chi connectivity index (χ2n) is 5.82. The SMILES string of the molecule is Cn1ccnc1[C@H](NS(=O)(=O)N1CCCCC1)c1ccccc1. The number of piperidine rings is 1. The maximum absolute atomic E-state index is 12.8. The number of benzene rings is 1. The largest absolute Gasteiger partial charge is 0.336 e. The average Bonchev–Trinajstić information content (AvgIpc) is 3.00. The third-order valence-corrected chi connectivity index (χ3v) is 5.75. The summed E-state index contributed by atoms with van der Waals surface area (Å²) in [6.45, 7) is 1.16. The maximum Gasteiger partial charge on any atom is 0.280 e. The van der Waals surface area contributed by atoms with Crippen LogP contribution < -0.4 is 4.72 Å². The van der Waals surface area contributed by atoms with Gasteiger partial charge in [0.25, 0.3) is 10.2 Å². The molecule has 1 fully saturated rings. The van der Waals surface area contributed by atoms with Gasteiger partial charge < -0.3 is 4.57 Å². The van der Waals surface area contributed by atoms with Gasteiger partial charge in [-0.05, 0) is 18.4 Å². The Kier molecular flexibility index (Phi) is 4.79. The molecule has 6 nitrogen and oxygen atoms in total. The summed E-state index contributed by atoms with van der Waals surface area (Å²) in [5.74, 6) is 0.678. The van der Waals surface area contributed by atoms with Crippen molar-refractivity contribution < 1.29 is 8.42 Å². The summed E-state index contributed by atoms with van der Waals surface area (Å²) in [5, 5.41) is 0. The summed E-state index contributed by atoms with van der Waals surface area (Å²) in [7, 11) is -1.67. The molecular formula is C16H22N4O2S. The second-order valence-corrected chi connectivity index (χ2v) is 7.52. The van der Waals surface area contributed by atoms with Gasteiger partial charge in [-0.25, -0.2) is 4.98 Å². The number of hydrogen-bond donors (Lipinski definition) is 1. The van der Waals surface area contributed by atoms with Crippen LogP contribution in [0.1, 0.15) is 36.7 Å². The third kappa shape index (κ3) is 3.63. The molecule has 0 aliphatic carbocycles. The van der Waals surface area contributed by atoms with Gasteiger partial charge in [-0.2, -0.15) is 17.4 Å². The van der Waals surface area contributed by atoms with Crippen LogP contribution >= 0.6 is 0 Å². The van der Waals surface area contributed by atoms with E-state index in [2.05, 4.69) is 9.71 Å². The van der Waals surface area contributed by atoms with Crippen molar-refractivity contribution in [3.8, 4) is 0 Å². The standard InChI is InChI=1S/C16H22N4O2S/c1-19-13-10-17-16(19)15(14-8-4-2-5-9-14)18-23(21,22)20-11-6-3-7-12-20/h2,4-5,8-10,13,15,18H,3,6-7,11-12H2,1H3/t15-/m1/s1. The lowest BCUT2D eigenvalue weighted by Crippen LogP contribution is -2.45. The molecule has 3 rings (SSSR count). The zero-order valence-corrected chi connectivity index (χ0v) is 14.0. The van der Waals surface area contributed by atoms with Gasteiger partial charge in [-0.15, -0.1) is 0 Å². The first-order valence-electron chi connectivity index (χ1n) is 7.87. The van der Waals surface area contributed by atoms with Crippen LogP contribution in [0.5, 0.6) is 0 Å². The molecule has 1 atom stereocenters. The summed E-state index contributed by atoms with van der Waals surface area (Å²) in [5.41, 5.74) is 0.877. The first-order valence-corrected chi connectivity index (χ1v) is 9.31. The number of aryl methyl sites for hydroxylation is 1. The Bertz CT molecular complexity index is 736. The zero-order chi connectivity index (χ0) is 16.3. The first kappa shape index (κ1) is 16.2. The quantitative estimate of drug-likeness (QED) is 0.907. The van der Waals surface area contributed by atoms with E-state index in [0.717, 1.165) is 24.8 Å². The van der Waals surface area contributed by atoms with E-state index in [1.165, 1.54) is 4.31 Å². The highest BCUT2D eigenvalue weighted by atomic mass is 32.2. The second kappa shape index (κ2) is 6.82. The van der Waals surface area contributed by atoms with Gasteiger partial charge in [-0.3, -0.25) is 0 Å². The highest BCUT2D eigenvalue weighted by Crippen LogP contribution is 2.23. The minimum Gasteiger partial charge on any atom is -0.336 e. The number of rotatable bonds is 5. The Morgan fingerprint density at radius 3 is 2.43 bits per heavy atom. The highest BCUT2D eigenvalue weighted by molar-refractivity contribution is 7.87. The molecular weight excluding hydrogens is 312 g/mol. The van der Waals surface area contributed by atoms with E-state index in [0.29, 0.717) is 18.9 Å². The molecule has 0 spiro atoms. The van der Waals surface area contributed by atoms with Gasteiger partial charge in [0.05, 0.1) is 0 Å². The van der Waals surface area contributed by atoms with E-state index < -0.39 is 16.3 Å². The number of imidazole rings is 1. The van der Waals surface area contributed by atoms with E-state index >= 15 is 0 Å². The van der Waals surface area contributed by atoms with Crippen molar-refractivity contribution in [3.63, 3.8) is 0 Å². The van der Waals surface area contributed by atoms with Gasteiger partial charge in [-0.1, -0.05) is 36.8 Å². The summed E-state index contributed by atoms with van der Waals surface area (Å²) in [6, 6.07) is 9.05. The van der Waals surface area contributed by atoms with Crippen molar-refractivity contribution in [1.82, 2.24) is 18.6 Å². The monoisotopic (exact) mass is 334 g/mol. The van der Waals surface area contributed by atoms with Crippen molar-refractivity contribution in [2.75, 3.05) is 13.1 Å². The van der Waals surface area contributed by atoms with Gasteiger partial charge in [0.1, 0.15) is 11.9 Å². The molecule has 0 unspecified atom stereocenters. The molecule has 1 aliphatic heterocycles. The van der Waals surface area contributed by atoms with Gasteiger partial charge >= 0.3 is 0 Å². The van der Waals surface area contributed by atoms with Crippen LogP contribution in [0.15, 0.2) is 42.7 Å². The lowest BCUT2D eigenvalue weighted by Gasteiger charge is -2.28. The molecule has 0 radical (unpaired) electrons. The molecule has 0 saturated carbocycles. The molecule has 23 heavy (non-hydrogen) atoms. The van der Waals surface area contributed by atoms with Crippen molar-refractivity contribution in [3.05, 3.63) is 54.1 Å². The minimum absolute atomic E-state index is 0.497. The van der Waals surface area contributed by atoms with Crippen LogP contribution in [0.2, 0.25) is 0 Å². The summed E-state index contributed by atoms with van der Waals surface area (Å²) < 4.78 is 31.7. The average molecular weight is 334 g/mol. The molecule has 2 heterocycles. The summed E-state index contributed by atoms with van der Waals surface area (Å²) >= 11 is 0. The fraction of sp³-hybridized carbons (Fsp3) is 0.438. The van der Waals surface area contributed by atoms with E-state index in [9.17, 15) is 8.42 Å². The van der Waals surface area contributed by atoms with E-state index in [4.69, 9.17) is 0 Å². The van der Waals surface area contributed by atoms with Gasteiger partial charge in [0, 0.05) is 32.5 Å². The predicted molar refractivity (Wildman–Crippen MR) is 89.0 cm³/mol. The molecule has 1 saturated heterocycles. The molecule has 1 aromatic carbocycles. The minimum atomic E-state index is -3.54. The fourth-order valence-corrected chi connectivity index (χ4v) is 4.33. The van der Waals surface area contributed by atoms with Crippen LogP contribution in [-0.2, 0) is 17.3 Å². The summed E-state index contributed by atoms with van der Waals surface area (Å²) in [4.78, 5) is 4.34. The number of nitrogens with one attached hydrogen (secondary N) is 1. The third-order valence-electron chi connectivity index (χ3n) is 4.17. The van der Waals surface area contributed by atoms with Crippen molar-refractivity contribution in [2.45, 2.75) is 25.3 Å². The molecule has 0 amide bonds. The maximum atomic E-state index is 12.8. The van der Waals surface area contributed by atoms with E-state index in [1.807, 2.05) is 48.1 Å². The Morgan fingerprint density at radius 2 is 1.83 bits per heavy atom. The summed E-state index contributed by atoms with van der Waals surface area (Å²) in [6.07, 6.45) is 6.42. The van der Waals surface area contributed by atoms with E-state index in [1.54, 1.807) is 6.20 Å². The Labute approximate surface area is 137 Å².